The first-order valence-corrected chi connectivity index (χ1v) is 12.5. The van der Waals surface area contributed by atoms with Crippen LogP contribution in [0.4, 0.5) is 0 Å². The zero-order chi connectivity index (χ0) is 26.7. The molecule has 2 unspecified atom stereocenters. The van der Waals surface area contributed by atoms with Gasteiger partial charge in [0.25, 0.3) is 5.56 Å². The maximum atomic E-state index is 13.5. The molecule has 1 saturated heterocycles. The van der Waals surface area contributed by atoms with Gasteiger partial charge in [-0.3, -0.25) is 23.7 Å². The van der Waals surface area contributed by atoms with Gasteiger partial charge in [0.1, 0.15) is 29.4 Å². The molecule has 1 aliphatic heterocycles. The Hall–Kier alpha value is -2.98. The fraction of sp³-hybridized carbons (Fsp3) is 0.429. The van der Waals surface area contributed by atoms with E-state index >= 15 is 0 Å². The second kappa shape index (κ2) is 11.0. The summed E-state index contributed by atoms with van der Waals surface area (Å²) in [4.78, 5) is 37.6. The maximum absolute atomic E-state index is 13.5. The summed E-state index contributed by atoms with van der Waals surface area (Å²) < 4.78 is 35.9. The van der Waals surface area contributed by atoms with Crippen molar-refractivity contribution in [3.63, 3.8) is 0 Å². The number of H-pyrrole nitrogens is 1. The first-order chi connectivity index (χ1) is 16.9. The average Bonchev–Trinajstić information content (AvgIpc) is 3.09. The molecule has 36 heavy (non-hydrogen) atoms. The lowest BCUT2D eigenvalue weighted by molar-refractivity contribution is -0.142. The lowest BCUT2D eigenvalue weighted by Crippen LogP contribution is -2.41. The molecular formula is C21H24ClN4O9P. The first-order valence-electron chi connectivity index (χ1n) is 10.5. The summed E-state index contributed by atoms with van der Waals surface area (Å²) in [5, 5.41) is 23.5. The highest BCUT2D eigenvalue weighted by Crippen LogP contribution is 2.48. The fourth-order valence-electron chi connectivity index (χ4n) is 3.49. The van der Waals surface area contributed by atoms with Crippen molar-refractivity contribution in [2.45, 2.75) is 38.3 Å². The predicted molar refractivity (Wildman–Crippen MR) is 125 cm³/mol. The van der Waals surface area contributed by atoms with Gasteiger partial charge in [0.2, 0.25) is 0 Å². The molecule has 1 aliphatic rings. The van der Waals surface area contributed by atoms with Gasteiger partial charge in [0, 0.05) is 17.3 Å². The van der Waals surface area contributed by atoms with Crippen molar-refractivity contribution in [3.05, 3.63) is 62.4 Å². The molecule has 0 saturated carbocycles. The number of nitrogens with zero attached hydrogens (tertiary/aromatic N) is 2. The van der Waals surface area contributed by atoms with Gasteiger partial charge in [-0.2, -0.15) is 10.3 Å². The number of esters is 1. The summed E-state index contributed by atoms with van der Waals surface area (Å²) in [5.74, 6) is -0.648. The van der Waals surface area contributed by atoms with Crippen molar-refractivity contribution < 1.29 is 33.0 Å². The summed E-state index contributed by atoms with van der Waals surface area (Å²) in [6, 6.07) is 7.71. The molecule has 15 heteroatoms. The second-order valence-electron chi connectivity index (χ2n) is 8.10. The van der Waals surface area contributed by atoms with Crippen LogP contribution in [0, 0.1) is 16.7 Å². The number of hydrogen-bond acceptors (Lipinski definition) is 10. The van der Waals surface area contributed by atoms with E-state index in [0.717, 1.165) is 23.9 Å². The third-order valence-corrected chi connectivity index (χ3v) is 7.38. The molecule has 2 aromatic rings. The molecule has 0 spiro atoms. The summed E-state index contributed by atoms with van der Waals surface area (Å²) >= 11 is 5.87. The lowest BCUT2D eigenvalue weighted by atomic mass is 9.84. The molecule has 1 aromatic carbocycles. The number of nitrogens with one attached hydrogen (secondary N) is 2. The molecule has 6 atom stereocenters. The monoisotopic (exact) mass is 542 g/mol. The van der Waals surface area contributed by atoms with E-state index in [2.05, 4.69) is 14.8 Å². The second-order valence-corrected chi connectivity index (χ2v) is 10.2. The Bertz CT molecular complexity index is 1310. The van der Waals surface area contributed by atoms with Gasteiger partial charge in [-0.15, -0.1) is 0 Å². The van der Waals surface area contributed by atoms with Crippen LogP contribution in [0.1, 0.15) is 20.1 Å². The number of hydrogen-bond donors (Lipinski definition) is 3. The fourth-order valence-corrected chi connectivity index (χ4v) is 5.12. The van der Waals surface area contributed by atoms with Crippen molar-refractivity contribution in [2.75, 3.05) is 13.7 Å². The third kappa shape index (κ3) is 5.87. The number of aromatic amines is 1. The van der Waals surface area contributed by atoms with E-state index < -0.39 is 61.5 Å². The molecular weight excluding hydrogens is 519 g/mol. The van der Waals surface area contributed by atoms with Gasteiger partial charge in [0.15, 0.2) is 6.23 Å². The normalized spacial score (nSPS) is 25.9. The maximum Gasteiger partial charge on any atom is 0.459 e. The van der Waals surface area contributed by atoms with Crippen molar-refractivity contribution in [3.8, 4) is 11.8 Å². The van der Waals surface area contributed by atoms with E-state index in [-0.39, 0.29) is 5.75 Å². The van der Waals surface area contributed by atoms with Gasteiger partial charge in [0.05, 0.1) is 19.8 Å². The SMILES string of the molecule is COC(=O)[C@H](C)NP(=O)(OCC1O[C@@H](n2ccc(=O)[nH]c2=O)[C@](C)(C#N)[C@@H]1O)Oc1ccc(Cl)cc1. The standard InChI is InChI=1S/C21H24ClN4O9P/c1-12(18(29)32-3)25-36(31,35-14-6-4-13(22)5-7-14)33-10-15-17(28)21(2,11-23)19(34-15)26-9-8-16(27)24-20(26)30/h4-9,12,15,17,19,28H,10H2,1-3H3,(H,25,31)(H,24,27,30)/t12-,15?,17+,19+,21+,36?/m0/s1. The van der Waals surface area contributed by atoms with Crippen LogP contribution in [0.5, 0.6) is 5.75 Å². The zero-order valence-corrected chi connectivity index (χ0v) is 21.1. The van der Waals surface area contributed by atoms with Crippen molar-refractivity contribution in [1.29, 1.82) is 5.26 Å². The van der Waals surface area contributed by atoms with Crippen LogP contribution < -0.4 is 20.9 Å². The number of aliphatic hydroxyl groups excluding tert-OH is 1. The minimum atomic E-state index is -4.30. The smallest absolute Gasteiger partial charge is 0.459 e. The highest BCUT2D eigenvalue weighted by Gasteiger charge is 2.55. The Labute approximate surface area is 210 Å². The number of methoxy groups -OCH3 is 1. The van der Waals surface area contributed by atoms with Gasteiger partial charge < -0.3 is 19.1 Å². The predicted octanol–water partition coefficient (Wildman–Crippen LogP) is 1.33. The van der Waals surface area contributed by atoms with E-state index in [9.17, 15) is 29.3 Å². The van der Waals surface area contributed by atoms with Crippen molar-refractivity contribution in [2.24, 2.45) is 5.41 Å². The highest BCUT2D eigenvalue weighted by molar-refractivity contribution is 7.52. The molecule has 0 amide bonds. The largest absolute Gasteiger partial charge is 0.468 e. The molecule has 194 valence electrons. The first kappa shape index (κ1) is 27.6. The molecule has 13 nitrogen and oxygen atoms in total. The van der Waals surface area contributed by atoms with Crippen LogP contribution in [-0.4, -0.2) is 52.6 Å². The van der Waals surface area contributed by atoms with E-state index in [4.69, 9.17) is 25.4 Å². The van der Waals surface area contributed by atoms with Crippen molar-refractivity contribution >= 4 is 25.3 Å². The van der Waals surface area contributed by atoms with E-state index in [1.807, 2.05) is 6.07 Å². The summed E-state index contributed by atoms with van der Waals surface area (Å²) in [7, 11) is -3.15. The quantitative estimate of drug-likeness (QED) is 0.307. The van der Waals surface area contributed by atoms with Gasteiger partial charge in [-0.1, -0.05) is 11.6 Å². The zero-order valence-electron chi connectivity index (χ0n) is 19.4. The number of aromatic nitrogens is 2. The lowest BCUT2D eigenvalue weighted by Gasteiger charge is -2.26. The van der Waals surface area contributed by atoms with Crippen LogP contribution in [-0.2, 0) is 23.4 Å². The van der Waals surface area contributed by atoms with Crippen LogP contribution >= 0.6 is 19.3 Å². The van der Waals surface area contributed by atoms with Crippen LogP contribution in [0.2, 0.25) is 5.02 Å². The number of nitriles is 1. The number of carbonyl (C=O) groups is 1. The van der Waals surface area contributed by atoms with E-state index in [0.29, 0.717) is 5.02 Å². The minimum Gasteiger partial charge on any atom is -0.468 e. The Morgan fingerprint density at radius 2 is 2.06 bits per heavy atom. The minimum absolute atomic E-state index is 0.0970. The molecule has 3 rings (SSSR count). The molecule has 3 N–H and O–H groups in total. The molecule has 2 heterocycles. The number of rotatable bonds is 9. The number of aliphatic hydroxyl groups is 1. The van der Waals surface area contributed by atoms with Gasteiger partial charge in [-0.25, -0.2) is 9.36 Å². The van der Waals surface area contributed by atoms with E-state index in [1.165, 1.54) is 38.1 Å². The van der Waals surface area contributed by atoms with Gasteiger partial charge in [-0.05, 0) is 38.1 Å². The molecule has 1 fully saturated rings. The highest BCUT2D eigenvalue weighted by atomic mass is 35.5. The number of carbonyl (C=O) groups excluding carboxylic acids is 1. The van der Waals surface area contributed by atoms with Crippen LogP contribution in [0.25, 0.3) is 0 Å². The third-order valence-electron chi connectivity index (χ3n) is 5.48. The molecule has 0 radical (unpaired) electrons. The number of halogens is 1. The topological polar surface area (TPSA) is 182 Å². The van der Waals surface area contributed by atoms with E-state index in [1.54, 1.807) is 0 Å². The molecule has 0 aliphatic carbocycles. The van der Waals surface area contributed by atoms with Crippen LogP contribution in [0.3, 0.4) is 0 Å². The van der Waals surface area contributed by atoms with Crippen LogP contribution in [0.15, 0.2) is 46.1 Å². The summed E-state index contributed by atoms with van der Waals surface area (Å²) in [5.41, 5.74) is -3.16. The Balaban J connectivity index is 1.85. The summed E-state index contributed by atoms with van der Waals surface area (Å²) in [6.07, 6.45) is -2.94. The number of benzene rings is 1. The number of ether oxygens (including phenoxy) is 2. The Morgan fingerprint density at radius 3 is 2.64 bits per heavy atom. The average molecular weight is 543 g/mol. The molecule has 1 aromatic heterocycles. The molecule has 0 bridgehead atoms. The van der Waals surface area contributed by atoms with Crippen molar-refractivity contribution in [1.82, 2.24) is 14.6 Å². The Kier molecular flexibility index (Phi) is 8.40. The summed E-state index contributed by atoms with van der Waals surface area (Å²) in [6.45, 7) is 2.17. The Morgan fingerprint density at radius 1 is 1.39 bits per heavy atom. The van der Waals surface area contributed by atoms with Gasteiger partial charge >= 0.3 is 19.4 Å².